The molecule has 1 fully saturated rings. The molecule has 37 heavy (non-hydrogen) atoms. The smallest absolute Gasteiger partial charge is 0.337 e. The van der Waals surface area contributed by atoms with Gasteiger partial charge in [-0.1, -0.05) is 30.3 Å². The van der Waals surface area contributed by atoms with E-state index in [9.17, 15) is 19.5 Å². The van der Waals surface area contributed by atoms with E-state index in [4.69, 9.17) is 9.47 Å². The lowest BCUT2D eigenvalue weighted by molar-refractivity contribution is -0.132. The molecule has 1 amide bonds. The third-order valence-electron chi connectivity index (χ3n) is 6.13. The van der Waals surface area contributed by atoms with E-state index < -0.39 is 23.7 Å². The van der Waals surface area contributed by atoms with Gasteiger partial charge in [-0.3, -0.25) is 14.5 Å². The number of hydrogen-bond donors (Lipinski definition) is 1. The number of hydrogen-bond acceptors (Lipinski definition) is 7. The minimum Gasteiger partial charge on any atom is -0.507 e. The maximum absolute atomic E-state index is 13.4. The van der Waals surface area contributed by atoms with Gasteiger partial charge in [0.05, 0.1) is 30.9 Å². The number of benzene rings is 3. The maximum atomic E-state index is 13.4. The number of Topliss-reactive ketones (excluding diaryl/α,β-unsaturated/α-hetero) is 1. The summed E-state index contributed by atoms with van der Waals surface area (Å²) in [4.78, 5) is 42.2. The van der Waals surface area contributed by atoms with Crippen LogP contribution in [0.2, 0.25) is 0 Å². The van der Waals surface area contributed by atoms with Crippen LogP contribution in [0, 0.1) is 0 Å². The van der Waals surface area contributed by atoms with Gasteiger partial charge in [-0.15, -0.1) is 0 Å². The standard InChI is InChI=1S/C29H28N2O6/c1-5-37-23-11-7-8-19(17-23)26(32)24-25(18-12-14-21(15-13-18)30(2)3)31(28(34)27(24)33)22-10-6-9-20(16-22)29(35)36-4/h6-17,25,32H,5H2,1-4H3/b26-24+. The Morgan fingerprint density at radius 2 is 1.65 bits per heavy atom. The highest BCUT2D eigenvalue weighted by molar-refractivity contribution is 6.51. The van der Waals surface area contributed by atoms with Gasteiger partial charge in [0.1, 0.15) is 11.5 Å². The predicted octanol–water partition coefficient (Wildman–Crippen LogP) is 4.56. The summed E-state index contributed by atoms with van der Waals surface area (Å²) in [6.45, 7) is 2.28. The Morgan fingerprint density at radius 3 is 2.30 bits per heavy atom. The van der Waals surface area contributed by atoms with Crippen LogP contribution in [-0.2, 0) is 14.3 Å². The van der Waals surface area contributed by atoms with Crippen molar-refractivity contribution in [2.45, 2.75) is 13.0 Å². The molecule has 190 valence electrons. The molecule has 8 heteroatoms. The van der Waals surface area contributed by atoms with Crippen molar-refractivity contribution in [3.8, 4) is 5.75 Å². The summed E-state index contributed by atoms with van der Waals surface area (Å²) >= 11 is 0. The Labute approximate surface area is 215 Å². The van der Waals surface area contributed by atoms with Gasteiger partial charge in [-0.2, -0.15) is 0 Å². The van der Waals surface area contributed by atoms with E-state index in [1.165, 1.54) is 18.1 Å². The average Bonchev–Trinajstić information content (AvgIpc) is 3.18. The SMILES string of the molecule is CCOc1cccc(/C(O)=C2\C(=O)C(=O)N(c3cccc(C(=O)OC)c3)C2c2ccc(N(C)C)cc2)c1. The number of rotatable bonds is 7. The fraction of sp³-hybridized carbons (Fsp3) is 0.207. The molecule has 4 rings (SSSR count). The topological polar surface area (TPSA) is 96.4 Å². The molecule has 0 aliphatic carbocycles. The fourth-order valence-corrected chi connectivity index (χ4v) is 4.32. The summed E-state index contributed by atoms with van der Waals surface area (Å²) < 4.78 is 10.4. The third kappa shape index (κ3) is 4.91. The summed E-state index contributed by atoms with van der Waals surface area (Å²) in [5.41, 5.74) is 2.40. The number of carbonyl (C=O) groups excluding carboxylic acids is 3. The van der Waals surface area contributed by atoms with E-state index in [1.54, 1.807) is 42.5 Å². The Kier molecular flexibility index (Phi) is 7.29. The highest BCUT2D eigenvalue weighted by Gasteiger charge is 2.47. The van der Waals surface area contributed by atoms with Gasteiger partial charge in [-0.25, -0.2) is 4.79 Å². The lowest BCUT2D eigenvalue weighted by atomic mass is 9.94. The van der Waals surface area contributed by atoms with Gasteiger partial charge in [0.2, 0.25) is 0 Å². The molecule has 3 aromatic carbocycles. The van der Waals surface area contributed by atoms with Crippen LogP contribution in [-0.4, -0.2) is 50.6 Å². The van der Waals surface area contributed by atoms with Crippen molar-refractivity contribution in [1.29, 1.82) is 0 Å². The zero-order valence-electron chi connectivity index (χ0n) is 21.1. The number of methoxy groups -OCH3 is 1. The number of nitrogens with zero attached hydrogens (tertiary/aromatic N) is 2. The van der Waals surface area contributed by atoms with Crippen molar-refractivity contribution in [1.82, 2.24) is 0 Å². The molecular weight excluding hydrogens is 472 g/mol. The Bertz CT molecular complexity index is 1380. The van der Waals surface area contributed by atoms with Crippen molar-refractivity contribution in [3.05, 3.63) is 95.1 Å². The van der Waals surface area contributed by atoms with Crippen LogP contribution in [0.5, 0.6) is 5.75 Å². The zero-order chi connectivity index (χ0) is 26.7. The van der Waals surface area contributed by atoms with Crippen LogP contribution in [0.1, 0.15) is 34.5 Å². The number of anilines is 2. The monoisotopic (exact) mass is 500 g/mol. The molecule has 1 atom stereocenters. The predicted molar refractivity (Wildman–Crippen MR) is 141 cm³/mol. The number of ether oxygens (including phenoxy) is 2. The lowest BCUT2D eigenvalue weighted by Gasteiger charge is -2.26. The first-order valence-corrected chi connectivity index (χ1v) is 11.8. The third-order valence-corrected chi connectivity index (χ3v) is 6.13. The van der Waals surface area contributed by atoms with E-state index in [2.05, 4.69) is 0 Å². The van der Waals surface area contributed by atoms with Crippen molar-refractivity contribution in [2.75, 3.05) is 37.6 Å². The Morgan fingerprint density at radius 1 is 0.973 bits per heavy atom. The molecule has 0 bridgehead atoms. The molecular formula is C29H28N2O6. The van der Waals surface area contributed by atoms with Crippen molar-refractivity contribution >= 4 is 34.8 Å². The molecule has 1 saturated heterocycles. The minimum atomic E-state index is -0.931. The number of ketones is 1. The van der Waals surface area contributed by atoms with Gasteiger partial charge < -0.3 is 19.5 Å². The van der Waals surface area contributed by atoms with Crippen molar-refractivity contribution < 1.29 is 29.0 Å². The van der Waals surface area contributed by atoms with Gasteiger partial charge in [0, 0.05) is 31.0 Å². The Hall–Kier alpha value is -4.59. The molecule has 3 aromatic rings. The first-order valence-electron chi connectivity index (χ1n) is 11.8. The van der Waals surface area contributed by atoms with Gasteiger partial charge in [0.25, 0.3) is 11.7 Å². The van der Waals surface area contributed by atoms with Gasteiger partial charge >= 0.3 is 5.97 Å². The normalized spacial score (nSPS) is 16.5. The maximum Gasteiger partial charge on any atom is 0.337 e. The number of carbonyl (C=O) groups is 3. The number of esters is 1. The summed E-state index contributed by atoms with van der Waals surface area (Å²) in [5, 5.41) is 11.4. The fourth-order valence-electron chi connectivity index (χ4n) is 4.32. The number of aliphatic hydroxyl groups excluding tert-OH is 1. The highest BCUT2D eigenvalue weighted by Crippen LogP contribution is 2.43. The molecule has 1 aliphatic rings. The molecule has 1 N–H and O–H groups in total. The molecule has 1 heterocycles. The molecule has 1 aliphatic heterocycles. The second kappa shape index (κ2) is 10.6. The van der Waals surface area contributed by atoms with Crippen LogP contribution in [0.15, 0.2) is 78.4 Å². The molecule has 0 saturated carbocycles. The first-order chi connectivity index (χ1) is 17.8. The van der Waals surface area contributed by atoms with Crippen LogP contribution in [0.25, 0.3) is 5.76 Å². The second-order valence-electron chi connectivity index (χ2n) is 8.66. The van der Waals surface area contributed by atoms with E-state index >= 15 is 0 Å². The summed E-state index contributed by atoms with van der Waals surface area (Å²) in [5.74, 6) is -2.00. The summed E-state index contributed by atoms with van der Waals surface area (Å²) in [7, 11) is 5.08. The van der Waals surface area contributed by atoms with E-state index in [-0.39, 0.29) is 16.9 Å². The van der Waals surface area contributed by atoms with E-state index in [0.717, 1.165) is 5.69 Å². The van der Waals surface area contributed by atoms with Crippen LogP contribution >= 0.6 is 0 Å². The van der Waals surface area contributed by atoms with Crippen LogP contribution in [0.4, 0.5) is 11.4 Å². The molecule has 0 radical (unpaired) electrons. The largest absolute Gasteiger partial charge is 0.507 e. The van der Waals surface area contributed by atoms with Crippen molar-refractivity contribution in [2.24, 2.45) is 0 Å². The number of amides is 1. The minimum absolute atomic E-state index is 0.0558. The molecule has 8 nitrogen and oxygen atoms in total. The Balaban J connectivity index is 1.92. The highest BCUT2D eigenvalue weighted by atomic mass is 16.5. The first kappa shape index (κ1) is 25.5. The lowest BCUT2D eigenvalue weighted by Crippen LogP contribution is -2.29. The summed E-state index contributed by atoms with van der Waals surface area (Å²) in [6.07, 6.45) is 0. The molecule has 0 spiro atoms. The van der Waals surface area contributed by atoms with Crippen LogP contribution in [0.3, 0.4) is 0 Å². The van der Waals surface area contributed by atoms with Gasteiger partial charge in [0.15, 0.2) is 0 Å². The van der Waals surface area contributed by atoms with E-state index in [1.807, 2.05) is 50.2 Å². The van der Waals surface area contributed by atoms with Crippen molar-refractivity contribution in [3.63, 3.8) is 0 Å². The quantitative estimate of drug-likeness (QED) is 0.220. The van der Waals surface area contributed by atoms with E-state index in [0.29, 0.717) is 29.2 Å². The van der Waals surface area contributed by atoms with Crippen LogP contribution < -0.4 is 14.5 Å². The molecule has 0 aromatic heterocycles. The second-order valence-corrected chi connectivity index (χ2v) is 8.66. The number of aliphatic hydroxyl groups is 1. The average molecular weight is 501 g/mol. The van der Waals surface area contributed by atoms with Gasteiger partial charge in [-0.05, 0) is 55.0 Å². The molecule has 1 unspecified atom stereocenters. The summed E-state index contributed by atoms with van der Waals surface area (Å²) in [6, 6.07) is 19.5. The zero-order valence-corrected chi connectivity index (χ0v) is 21.1.